The average Bonchev–Trinajstić information content (AvgIpc) is 2.26. The molecule has 0 aliphatic heterocycles. The van der Waals surface area contributed by atoms with Gasteiger partial charge >= 0.3 is 0 Å². The van der Waals surface area contributed by atoms with Gasteiger partial charge in [0, 0.05) is 27.7 Å². The first-order valence-electron chi connectivity index (χ1n) is 5.08. The number of hydrogen-bond donors (Lipinski definition) is 3. The molecule has 0 fully saturated rings. The molecule has 0 spiro atoms. The molecule has 4 N–H and O–H groups in total. The lowest BCUT2D eigenvalue weighted by molar-refractivity contribution is 0.208. The first-order valence-corrected chi connectivity index (χ1v) is 6.69. The smallest absolute Gasteiger partial charge is 0.215 e. The molecule has 0 bridgehead atoms. The second-order valence-electron chi connectivity index (χ2n) is 3.39. The van der Waals surface area contributed by atoms with Gasteiger partial charge in [-0.05, 0) is 0 Å². The lowest BCUT2D eigenvalue weighted by Crippen LogP contribution is -2.44. The van der Waals surface area contributed by atoms with Crippen molar-refractivity contribution >= 4 is 16.0 Å². The van der Waals surface area contributed by atoms with E-state index in [9.17, 15) is 8.42 Å². The standard InChI is InChI=1S/C8H21N5O3S/c1-13(2)17(14,15)7-5-11-8(12-9)10-4-6-16-3/h4-7,9H2,1-3H3,(H2,10,11,12). The van der Waals surface area contributed by atoms with E-state index < -0.39 is 10.0 Å². The van der Waals surface area contributed by atoms with E-state index in [0.29, 0.717) is 19.1 Å². The molecule has 0 aromatic heterocycles. The molecule has 0 radical (unpaired) electrons. The van der Waals surface area contributed by atoms with Gasteiger partial charge in [-0.25, -0.2) is 23.6 Å². The molecule has 102 valence electrons. The third-order valence-electron chi connectivity index (χ3n) is 1.91. The fraction of sp³-hybridized carbons (Fsp3) is 0.875. The minimum Gasteiger partial charge on any atom is -0.383 e. The van der Waals surface area contributed by atoms with Gasteiger partial charge in [-0.1, -0.05) is 0 Å². The summed E-state index contributed by atoms with van der Waals surface area (Å²) in [6.45, 7) is 1.16. The second kappa shape index (κ2) is 8.23. The van der Waals surface area contributed by atoms with Crippen LogP contribution in [0.2, 0.25) is 0 Å². The molecule has 0 saturated carbocycles. The molecule has 0 heterocycles. The molecule has 0 atom stereocenters. The van der Waals surface area contributed by atoms with E-state index >= 15 is 0 Å². The SMILES string of the molecule is COCCN=C(NN)NCCS(=O)(=O)N(C)C. The molecule has 9 heteroatoms. The maximum atomic E-state index is 11.4. The van der Waals surface area contributed by atoms with Crippen LogP contribution in [0.3, 0.4) is 0 Å². The van der Waals surface area contributed by atoms with Gasteiger partial charge in [0.05, 0.1) is 18.9 Å². The molecule has 0 aliphatic rings. The van der Waals surface area contributed by atoms with Crippen molar-refractivity contribution in [3.63, 3.8) is 0 Å². The number of hydrazine groups is 1. The molecular weight excluding hydrogens is 246 g/mol. The van der Waals surface area contributed by atoms with Crippen molar-refractivity contribution in [1.82, 2.24) is 15.0 Å². The minimum atomic E-state index is -3.20. The number of nitrogens with two attached hydrogens (primary N) is 1. The largest absolute Gasteiger partial charge is 0.383 e. The molecule has 0 amide bonds. The molecular formula is C8H21N5O3S. The van der Waals surface area contributed by atoms with E-state index in [1.54, 1.807) is 7.11 Å². The normalized spacial score (nSPS) is 12.9. The molecule has 0 rings (SSSR count). The number of methoxy groups -OCH3 is 1. The Morgan fingerprint density at radius 1 is 1.47 bits per heavy atom. The predicted octanol–water partition coefficient (Wildman–Crippen LogP) is -2.07. The van der Waals surface area contributed by atoms with Crippen molar-refractivity contribution in [3.05, 3.63) is 0 Å². The Labute approximate surface area is 102 Å². The number of nitrogens with one attached hydrogen (secondary N) is 2. The van der Waals surface area contributed by atoms with Crippen LogP contribution < -0.4 is 16.6 Å². The summed E-state index contributed by atoms with van der Waals surface area (Å²) in [4.78, 5) is 4.03. The molecule has 0 aliphatic carbocycles. The molecule has 17 heavy (non-hydrogen) atoms. The highest BCUT2D eigenvalue weighted by molar-refractivity contribution is 7.89. The van der Waals surface area contributed by atoms with Gasteiger partial charge in [-0.2, -0.15) is 0 Å². The topological polar surface area (TPSA) is 109 Å². The summed E-state index contributed by atoms with van der Waals surface area (Å²) in [5, 5.41) is 2.79. The van der Waals surface area contributed by atoms with Crippen LogP contribution in [-0.4, -0.2) is 65.3 Å². The Balaban J connectivity index is 4.04. The summed E-state index contributed by atoms with van der Waals surface area (Å²) in [5.74, 6) is 5.54. The van der Waals surface area contributed by atoms with Crippen LogP contribution in [0.5, 0.6) is 0 Å². The summed E-state index contributed by atoms with van der Waals surface area (Å²) in [5.41, 5.74) is 2.35. The highest BCUT2D eigenvalue weighted by Gasteiger charge is 2.12. The van der Waals surface area contributed by atoms with Crippen molar-refractivity contribution in [3.8, 4) is 0 Å². The Morgan fingerprint density at radius 3 is 2.59 bits per heavy atom. The van der Waals surface area contributed by atoms with E-state index in [0.717, 1.165) is 0 Å². The zero-order valence-electron chi connectivity index (χ0n) is 10.4. The first-order chi connectivity index (χ1) is 7.94. The fourth-order valence-electron chi connectivity index (χ4n) is 0.882. The lowest BCUT2D eigenvalue weighted by Gasteiger charge is -2.13. The monoisotopic (exact) mass is 267 g/mol. The average molecular weight is 267 g/mol. The minimum absolute atomic E-state index is 0.0228. The predicted molar refractivity (Wildman–Crippen MR) is 67.0 cm³/mol. The third-order valence-corrected chi connectivity index (χ3v) is 3.74. The third kappa shape index (κ3) is 7.10. The van der Waals surface area contributed by atoms with E-state index in [4.69, 9.17) is 10.6 Å². The highest BCUT2D eigenvalue weighted by Crippen LogP contribution is 1.91. The number of ether oxygens (including phenoxy) is 1. The maximum Gasteiger partial charge on any atom is 0.215 e. The van der Waals surface area contributed by atoms with Crippen LogP contribution in [0.15, 0.2) is 4.99 Å². The zero-order valence-corrected chi connectivity index (χ0v) is 11.2. The fourth-order valence-corrected chi connectivity index (χ4v) is 1.61. The van der Waals surface area contributed by atoms with Crippen molar-refractivity contribution < 1.29 is 13.2 Å². The van der Waals surface area contributed by atoms with E-state index in [1.807, 2.05) is 0 Å². The Hall–Kier alpha value is -0.900. The summed E-state index contributed by atoms with van der Waals surface area (Å²) in [6, 6.07) is 0. The Bertz CT molecular complexity index is 328. The van der Waals surface area contributed by atoms with Crippen molar-refractivity contribution in [1.29, 1.82) is 0 Å². The Kier molecular flexibility index (Phi) is 7.79. The van der Waals surface area contributed by atoms with Crippen molar-refractivity contribution in [2.75, 3.05) is 46.7 Å². The van der Waals surface area contributed by atoms with Crippen LogP contribution >= 0.6 is 0 Å². The van der Waals surface area contributed by atoms with Gasteiger partial charge in [-0.15, -0.1) is 0 Å². The van der Waals surface area contributed by atoms with Gasteiger partial charge in [0.15, 0.2) is 0 Å². The molecule has 0 aromatic rings. The van der Waals surface area contributed by atoms with Crippen LogP contribution in [0.4, 0.5) is 0 Å². The van der Waals surface area contributed by atoms with Gasteiger partial charge < -0.3 is 10.1 Å². The van der Waals surface area contributed by atoms with Crippen molar-refractivity contribution in [2.45, 2.75) is 0 Å². The number of nitrogens with zero attached hydrogens (tertiary/aromatic N) is 2. The van der Waals surface area contributed by atoms with Crippen LogP contribution in [-0.2, 0) is 14.8 Å². The van der Waals surface area contributed by atoms with E-state index in [2.05, 4.69) is 15.7 Å². The van der Waals surface area contributed by atoms with Gasteiger partial charge in [-0.3, -0.25) is 5.43 Å². The number of aliphatic imine (C=N–C) groups is 1. The van der Waals surface area contributed by atoms with E-state index in [-0.39, 0.29) is 12.3 Å². The van der Waals surface area contributed by atoms with Gasteiger partial charge in [0.1, 0.15) is 0 Å². The van der Waals surface area contributed by atoms with Crippen LogP contribution in [0.1, 0.15) is 0 Å². The zero-order chi connectivity index (χ0) is 13.3. The Morgan fingerprint density at radius 2 is 2.12 bits per heavy atom. The number of guanidine groups is 1. The van der Waals surface area contributed by atoms with Crippen LogP contribution in [0.25, 0.3) is 0 Å². The summed E-state index contributed by atoms with van der Waals surface area (Å²) in [7, 11) is 1.35. The van der Waals surface area contributed by atoms with Crippen LogP contribution in [0, 0.1) is 0 Å². The quantitative estimate of drug-likeness (QED) is 0.161. The van der Waals surface area contributed by atoms with Gasteiger partial charge in [0.2, 0.25) is 16.0 Å². The second-order valence-corrected chi connectivity index (χ2v) is 5.70. The molecule has 8 nitrogen and oxygen atoms in total. The maximum absolute atomic E-state index is 11.4. The van der Waals surface area contributed by atoms with Crippen molar-refractivity contribution in [2.24, 2.45) is 10.8 Å². The lowest BCUT2D eigenvalue weighted by atomic mass is 10.7. The van der Waals surface area contributed by atoms with E-state index in [1.165, 1.54) is 18.4 Å². The summed E-state index contributed by atoms with van der Waals surface area (Å²) < 4.78 is 28.9. The summed E-state index contributed by atoms with van der Waals surface area (Å²) in [6.07, 6.45) is 0. The number of hydrogen-bond acceptors (Lipinski definition) is 5. The molecule has 0 aromatic carbocycles. The summed E-state index contributed by atoms with van der Waals surface area (Å²) >= 11 is 0. The van der Waals surface area contributed by atoms with Gasteiger partial charge in [0.25, 0.3) is 0 Å². The molecule has 0 unspecified atom stereocenters. The number of rotatable bonds is 7. The number of sulfonamides is 1. The molecule has 0 saturated heterocycles. The first kappa shape index (κ1) is 16.1. The highest BCUT2D eigenvalue weighted by atomic mass is 32.2.